The minimum atomic E-state index is -0.554. The van der Waals surface area contributed by atoms with Crippen molar-refractivity contribution in [1.82, 2.24) is 4.90 Å². The number of aliphatic imine (C=N–C) groups is 1. The van der Waals surface area contributed by atoms with E-state index < -0.39 is 6.03 Å². The van der Waals surface area contributed by atoms with Crippen molar-refractivity contribution in [3.05, 3.63) is 59.1 Å². The lowest BCUT2D eigenvalue weighted by Crippen LogP contribution is -2.52. The van der Waals surface area contributed by atoms with E-state index >= 15 is 0 Å². The number of benzene rings is 2. The van der Waals surface area contributed by atoms with Crippen LogP contribution in [-0.2, 0) is 4.79 Å². The number of aryl methyl sites for hydroxylation is 1. The highest BCUT2D eigenvalue weighted by Gasteiger charge is 2.33. The lowest BCUT2D eigenvalue weighted by atomic mass is 10.1. The first-order chi connectivity index (χ1) is 13.5. The summed E-state index contributed by atoms with van der Waals surface area (Å²) in [5.41, 5.74) is 2.49. The van der Waals surface area contributed by atoms with Crippen molar-refractivity contribution in [2.24, 2.45) is 4.99 Å². The number of halogens is 1. The van der Waals surface area contributed by atoms with Crippen LogP contribution in [0.3, 0.4) is 0 Å². The molecule has 2 aliphatic rings. The number of carbonyl (C=O) groups is 2. The van der Waals surface area contributed by atoms with Crippen LogP contribution >= 0.6 is 11.6 Å². The Morgan fingerprint density at radius 2 is 1.61 bits per heavy atom. The fourth-order valence-electron chi connectivity index (χ4n) is 3.63. The molecular formula is C21H21ClN4O2. The molecule has 4 rings (SSSR count). The minimum Gasteiger partial charge on any atom is -0.368 e. The van der Waals surface area contributed by atoms with E-state index in [1.54, 1.807) is 18.2 Å². The van der Waals surface area contributed by atoms with Crippen LogP contribution in [0.1, 0.15) is 12.0 Å². The predicted molar refractivity (Wildman–Crippen MR) is 111 cm³/mol. The zero-order valence-electron chi connectivity index (χ0n) is 15.6. The molecule has 3 amide bonds. The van der Waals surface area contributed by atoms with E-state index in [-0.39, 0.29) is 12.3 Å². The van der Waals surface area contributed by atoms with E-state index in [1.165, 1.54) is 5.69 Å². The highest BCUT2D eigenvalue weighted by molar-refractivity contribution is 6.31. The molecule has 0 radical (unpaired) electrons. The molecule has 0 N–H and O–H groups in total. The number of urea groups is 1. The molecule has 28 heavy (non-hydrogen) atoms. The van der Waals surface area contributed by atoms with Crippen LogP contribution in [-0.4, -0.2) is 48.9 Å². The number of piperazine rings is 1. The van der Waals surface area contributed by atoms with Crippen LogP contribution in [0.4, 0.5) is 16.2 Å². The molecule has 144 valence electrons. The molecule has 6 nitrogen and oxygen atoms in total. The fourth-order valence-corrected chi connectivity index (χ4v) is 3.79. The molecule has 2 aromatic carbocycles. The molecule has 0 saturated carbocycles. The summed E-state index contributed by atoms with van der Waals surface area (Å²) in [4.78, 5) is 35.1. The molecule has 2 aliphatic heterocycles. The number of imide groups is 1. The molecule has 0 aliphatic carbocycles. The standard InChI is InChI=1S/C21H21ClN4O2/c1-15-7-8-16(22)13-18(15)26-20(27)14-19(23-21(26)28)25-11-9-24(10-12-25)17-5-3-2-4-6-17/h2-8,13H,9-12,14H2,1H3. The van der Waals surface area contributed by atoms with Crippen molar-refractivity contribution in [2.45, 2.75) is 13.3 Å². The summed E-state index contributed by atoms with van der Waals surface area (Å²) in [6.45, 7) is 4.94. The summed E-state index contributed by atoms with van der Waals surface area (Å²) >= 11 is 6.05. The zero-order valence-corrected chi connectivity index (χ0v) is 16.4. The van der Waals surface area contributed by atoms with Gasteiger partial charge in [0.25, 0.3) is 0 Å². The van der Waals surface area contributed by atoms with Crippen molar-refractivity contribution in [2.75, 3.05) is 36.0 Å². The molecule has 0 atom stereocenters. The number of carbonyl (C=O) groups excluding carboxylic acids is 2. The topological polar surface area (TPSA) is 56.2 Å². The predicted octanol–water partition coefficient (Wildman–Crippen LogP) is 3.73. The summed E-state index contributed by atoms with van der Waals surface area (Å²) in [5, 5.41) is 0.480. The molecular weight excluding hydrogens is 376 g/mol. The molecule has 7 heteroatoms. The van der Waals surface area contributed by atoms with Crippen LogP contribution in [0.5, 0.6) is 0 Å². The Morgan fingerprint density at radius 1 is 0.929 bits per heavy atom. The van der Waals surface area contributed by atoms with Crippen molar-refractivity contribution >= 4 is 40.7 Å². The van der Waals surface area contributed by atoms with E-state index in [4.69, 9.17) is 11.6 Å². The van der Waals surface area contributed by atoms with Gasteiger partial charge >= 0.3 is 6.03 Å². The van der Waals surface area contributed by atoms with Gasteiger partial charge in [-0.05, 0) is 36.8 Å². The summed E-state index contributed by atoms with van der Waals surface area (Å²) < 4.78 is 0. The van der Waals surface area contributed by atoms with Crippen molar-refractivity contribution < 1.29 is 9.59 Å². The van der Waals surface area contributed by atoms with E-state index in [2.05, 4.69) is 22.0 Å². The first kappa shape index (κ1) is 18.5. The van der Waals surface area contributed by atoms with Crippen LogP contribution in [0.15, 0.2) is 53.5 Å². The van der Waals surface area contributed by atoms with Gasteiger partial charge in [0.2, 0.25) is 5.91 Å². The fraction of sp³-hybridized carbons (Fsp3) is 0.286. The average molecular weight is 397 g/mol. The third-order valence-corrected chi connectivity index (χ3v) is 5.39. The van der Waals surface area contributed by atoms with Gasteiger partial charge in [-0.1, -0.05) is 35.9 Å². The Hall–Kier alpha value is -2.86. The van der Waals surface area contributed by atoms with Crippen molar-refractivity contribution in [1.29, 1.82) is 0 Å². The van der Waals surface area contributed by atoms with Gasteiger partial charge in [0, 0.05) is 36.9 Å². The number of rotatable bonds is 2. The highest BCUT2D eigenvalue weighted by Crippen LogP contribution is 2.28. The van der Waals surface area contributed by atoms with Gasteiger partial charge < -0.3 is 9.80 Å². The Kier molecular flexibility index (Phi) is 5.05. The normalized spacial score (nSPS) is 17.8. The molecule has 1 saturated heterocycles. The minimum absolute atomic E-state index is 0.114. The second-order valence-electron chi connectivity index (χ2n) is 6.96. The summed E-state index contributed by atoms with van der Waals surface area (Å²) in [6, 6.07) is 14.8. The van der Waals surface area contributed by atoms with Gasteiger partial charge in [0.15, 0.2) is 0 Å². The SMILES string of the molecule is Cc1ccc(Cl)cc1N1C(=O)CC(N2CCN(c3ccccc3)CC2)=NC1=O. The van der Waals surface area contributed by atoms with Crippen molar-refractivity contribution in [3.8, 4) is 0 Å². The van der Waals surface area contributed by atoms with E-state index in [0.29, 0.717) is 16.5 Å². The number of amides is 3. The van der Waals surface area contributed by atoms with Crippen molar-refractivity contribution in [3.63, 3.8) is 0 Å². The maximum atomic E-state index is 12.8. The Balaban J connectivity index is 1.48. The third kappa shape index (κ3) is 3.60. The number of amidine groups is 1. The molecule has 0 unspecified atom stereocenters. The Bertz CT molecular complexity index is 937. The lowest BCUT2D eigenvalue weighted by Gasteiger charge is -2.38. The number of anilines is 2. The van der Waals surface area contributed by atoms with Gasteiger partial charge in [-0.15, -0.1) is 0 Å². The molecule has 2 aromatic rings. The third-order valence-electron chi connectivity index (χ3n) is 5.15. The van der Waals surface area contributed by atoms with E-state index in [9.17, 15) is 9.59 Å². The monoisotopic (exact) mass is 396 g/mol. The van der Waals surface area contributed by atoms with E-state index in [1.807, 2.05) is 30.0 Å². The molecule has 0 spiro atoms. The second-order valence-corrected chi connectivity index (χ2v) is 7.39. The smallest absolute Gasteiger partial charge is 0.356 e. The number of hydrogen-bond acceptors (Lipinski definition) is 4. The molecule has 0 aromatic heterocycles. The van der Waals surface area contributed by atoms with Crippen LogP contribution in [0.25, 0.3) is 0 Å². The quantitative estimate of drug-likeness (QED) is 0.776. The summed E-state index contributed by atoms with van der Waals surface area (Å²) in [7, 11) is 0. The number of nitrogens with zero attached hydrogens (tertiary/aromatic N) is 4. The molecule has 0 bridgehead atoms. The van der Waals surface area contributed by atoms with Crippen LogP contribution < -0.4 is 9.80 Å². The second kappa shape index (κ2) is 7.64. The first-order valence-electron chi connectivity index (χ1n) is 9.28. The van der Waals surface area contributed by atoms with Crippen LogP contribution in [0, 0.1) is 6.92 Å². The van der Waals surface area contributed by atoms with Gasteiger partial charge in [-0.25, -0.2) is 9.69 Å². The van der Waals surface area contributed by atoms with Gasteiger partial charge in [-0.3, -0.25) is 4.79 Å². The largest absolute Gasteiger partial charge is 0.368 e. The maximum absolute atomic E-state index is 12.8. The van der Waals surface area contributed by atoms with Gasteiger partial charge in [0.1, 0.15) is 5.84 Å². The first-order valence-corrected chi connectivity index (χ1v) is 9.66. The molecule has 1 fully saturated rings. The highest BCUT2D eigenvalue weighted by atomic mass is 35.5. The summed E-state index contributed by atoms with van der Waals surface area (Å²) in [6.07, 6.45) is 0.114. The zero-order chi connectivity index (χ0) is 19.7. The Labute approximate surface area is 169 Å². The van der Waals surface area contributed by atoms with Gasteiger partial charge in [-0.2, -0.15) is 4.99 Å². The average Bonchev–Trinajstić information content (AvgIpc) is 2.71. The van der Waals surface area contributed by atoms with Crippen LogP contribution in [0.2, 0.25) is 5.02 Å². The maximum Gasteiger partial charge on any atom is 0.356 e. The lowest BCUT2D eigenvalue weighted by molar-refractivity contribution is -0.117. The molecule has 2 heterocycles. The Morgan fingerprint density at radius 3 is 2.29 bits per heavy atom. The van der Waals surface area contributed by atoms with Gasteiger partial charge in [0.05, 0.1) is 12.1 Å². The summed E-state index contributed by atoms with van der Waals surface area (Å²) in [5.74, 6) is 0.282. The van der Waals surface area contributed by atoms with E-state index in [0.717, 1.165) is 36.6 Å². The number of hydrogen-bond donors (Lipinski definition) is 0. The number of para-hydroxylation sites is 1.